The zero-order valence-corrected chi connectivity index (χ0v) is 11.3. The Kier molecular flexibility index (Phi) is 3.37. The zero-order chi connectivity index (χ0) is 13.9. The molecular weight excluding hydrogens is 256 g/mol. The van der Waals surface area contributed by atoms with Crippen molar-refractivity contribution in [1.29, 1.82) is 0 Å². The lowest BCUT2D eigenvalue weighted by Gasteiger charge is -2.16. The first-order valence-electron chi connectivity index (χ1n) is 6.60. The minimum atomic E-state index is 0.0739. The van der Waals surface area contributed by atoms with Crippen LogP contribution in [0.4, 0.5) is 5.95 Å². The molecule has 104 valence electrons. The Bertz CT molecular complexity index is 631. The van der Waals surface area contributed by atoms with E-state index in [1.807, 2.05) is 12.1 Å². The van der Waals surface area contributed by atoms with Gasteiger partial charge in [0.2, 0.25) is 5.95 Å². The van der Waals surface area contributed by atoms with Gasteiger partial charge in [-0.3, -0.25) is 0 Å². The summed E-state index contributed by atoms with van der Waals surface area (Å²) in [6.07, 6.45) is 4.72. The van der Waals surface area contributed by atoms with E-state index in [1.165, 1.54) is 31.1 Å². The van der Waals surface area contributed by atoms with Crippen LogP contribution in [0.2, 0.25) is 0 Å². The van der Waals surface area contributed by atoms with Crippen LogP contribution in [-0.2, 0) is 12.8 Å². The van der Waals surface area contributed by atoms with Gasteiger partial charge in [0.25, 0.3) is 0 Å². The molecule has 1 aromatic carbocycles. The number of nitrogens with two attached hydrogens (primary N) is 1. The number of methoxy groups -OCH3 is 1. The third-order valence-electron chi connectivity index (χ3n) is 3.32. The van der Waals surface area contributed by atoms with Crippen molar-refractivity contribution in [3.8, 4) is 17.8 Å². The Labute approximate surface area is 117 Å². The first kappa shape index (κ1) is 12.7. The maximum atomic E-state index is 5.65. The van der Waals surface area contributed by atoms with Gasteiger partial charge in [-0.05, 0) is 48.9 Å². The van der Waals surface area contributed by atoms with E-state index in [1.54, 1.807) is 0 Å². The minimum Gasteiger partial charge on any atom is -0.467 e. The summed E-state index contributed by atoms with van der Waals surface area (Å²) in [5.74, 6) is 0.781. The largest absolute Gasteiger partial charge is 0.467 e. The molecular formula is C14H16N4O2. The van der Waals surface area contributed by atoms with Crippen LogP contribution in [-0.4, -0.2) is 22.1 Å². The SMILES string of the molecule is COc1nc(N)nc(Oc2ccc3c(c2)CCCC3)n1. The van der Waals surface area contributed by atoms with Gasteiger partial charge in [0, 0.05) is 0 Å². The molecule has 0 atom stereocenters. The summed E-state index contributed by atoms with van der Waals surface area (Å²) in [6.45, 7) is 0. The molecule has 0 spiro atoms. The maximum Gasteiger partial charge on any atom is 0.330 e. The lowest BCUT2D eigenvalue weighted by atomic mass is 9.92. The van der Waals surface area contributed by atoms with Gasteiger partial charge in [0.15, 0.2) is 0 Å². The molecule has 0 bridgehead atoms. The van der Waals surface area contributed by atoms with E-state index >= 15 is 0 Å². The molecule has 1 aliphatic rings. The van der Waals surface area contributed by atoms with E-state index in [-0.39, 0.29) is 18.0 Å². The molecule has 2 N–H and O–H groups in total. The monoisotopic (exact) mass is 272 g/mol. The quantitative estimate of drug-likeness (QED) is 0.921. The van der Waals surface area contributed by atoms with Gasteiger partial charge in [-0.25, -0.2) is 0 Å². The van der Waals surface area contributed by atoms with Crippen LogP contribution in [0.1, 0.15) is 24.0 Å². The molecule has 20 heavy (non-hydrogen) atoms. The lowest BCUT2D eigenvalue weighted by Crippen LogP contribution is -2.04. The van der Waals surface area contributed by atoms with E-state index in [2.05, 4.69) is 21.0 Å². The Morgan fingerprint density at radius 2 is 1.75 bits per heavy atom. The predicted octanol–water partition coefficient (Wildman–Crippen LogP) is 2.13. The third-order valence-corrected chi connectivity index (χ3v) is 3.32. The highest BCUT2D eigenvalue weighted by Gasteiger charge is 2.12. The fraction of sp³-hybridized carbons (Fsp3) is 0.357. The van der Waals surface area contributed by atoms with Crippen LogP contribution in [0, 0.1) is 0 Å². The second-order valence-electron chi connectivity index (χ2n) is 4.70. The van der Waals surface area contributed by atoms with Crippen molar-refractivity contribution in [2.45, 2.75) is 25.7 Å². The summed E-state index contributed by atoms with van der Waals surface area (Å²) >= 11 is 0. The first-order valence-corrected chi connectivity index (χ1v) is 6.60. The van der Waals surface area contributed by atoms with Gasteiger partial charge < -0.3 is 15.2 Å². The number of aromatic nitrogens is 3. The van der Waals surface area contributed by atoms with E-state index < -0.39 is 0 Å². The van der Waals surface area contributed by atoms with Crippen molar-refractivity contribution in [3.05, 3.63) is 29.3 Å². The number of hydrogen-bond acceptors (Lipinski definition) is 6. The molecule has 0 saturated heterocycles. The molecule has 1 aromatic heterocycles. The summed E-state index contributed by atoms with van der Waals surface area (Å²) in [7, 11) is 1.47. The average molecular weight is 272 g/mol. The van der Waals surface area contributed by atoms with Gasteiger partial charge >= 0.3 is 12.0 Å². The van der Waals surface area contributed by atoms with Crippen molar-refractivity contribution in [2.75, 3.05) is 12.8 Å². The summed E-state index contributed by atoms with van der Waals surface area (Å²) in [5, 5.41) is 0. The van der Waals surface area contributed by atoms with Crippen LogP contribution in [0.3, 0.4) is 0 Å². The molecule has 0 saturated carbocycles. The lowest BCUT2D eigenvalue weighted by molar-refractivity contribution is 0.360. The molecule has 0 radical (unpaired) electrons. The number of nitrogen functional groups attached to an aromatic ring is 1. The fourth-order valence-corrected chi connectivity index (χ4v) is 2.37. The molecule has 1 heterocycles. The normalized spacial score (nSPS) is 13.7. The van der Waals surface area contributed by atoms with Crippen molar-refractivity contribution in [3.63, 3.8) is 0 Å². The van der Waals surface area contributed by atoms with E-state index in [4.69, 9.17) is 15.2 Å². The van der Waals surface area contributed by atoms with Crippen molar-refractivity contribution >= 4 is 5.95 Å². The summed E-state index contributed by atoms with van der Waals surface area (Å²) < 4.78 is 10.6. The number of nitrogens with zero attached hydrogens (tertiary/aromatic N) is 3. The zero-order valence-electron chi connectivity index (χ0n) is 11.3. The Balaban J connectivity index is 1.85. The summed E-state index contributed by atoms with van der Waals surface area (Å²) in [4.78, 5) is 11.8. The molecule has 0 fully saturated rings. The molecule has 6 heteroatoms. The maximum absolute atomic E-state index is 5.65. The number of aryl methyl sites for hydroxylation is 2. The summed E-state index contributed by atoms with van der Waals surface area (Å²) in [5.41, 5.74) is 8.31. The van der Waals surface area contributed by atoms with Gasteiger partial charge in [0.05, 0.1) is 7.11 Å². The first-order chi connectivity index (χ1) is 9.74. The predicted molar refractivity (Wildman–Crippen MR) is 73.9 cm³/mol. The van der Waals surface area contributed by atoms with Crippen LogP contribution in [0.25, 0.3) is 0 Å². The Morgan fingerprint density at radius 1 is 1.00 bits per heavy atom. The van der Waals surface area contributed by atoms with Gasteiger partial charge in [-0.15, -0.1) is 4.98 Å². The second-order valence-corrected chi connectivity index (χ2v) is 4.70. The highest BCUT2D eigenvalue weighted by molar-refractivity contribution is 5.38. The molecule has 0 aliphatic heterocycles. The summed E-state index contributed by atoms with van der Waals surface area (Å²) in [6, 6.07) is 6.36. The molecule has 3 rings (SSSR count). The number of rotatable bonds is 3. The topological polar surface area (TPSA) is 83.2 Å². The third kappa shape index (κ3) is 2.64. The highest BCUT2D eigenvalue weighted by atomic mass is 16.5. The van der Waals surface area contributed by atoms with E-state index in [0.717, 1.165) is 12.8 Å². The van der Waals surface area contributed by atoms with Crippen LogP contribution in [0.15, 0.2) is 18.2 Å². The smallest absolute Gasteiger partial charge is 0.330 e. The van der Waals surface area contributed by atoms with E-state index in [0.29, 0.717) is 5.75 Å². The van der Waals surface area contributed by atoms with Crippen LogP contribution < -0.4 is 15.2 Å². The van der Waals surface area contributed by atoms with Crippen molar-refractivity contribution in [1.82, 2.24) is 15.0 Å². The molecule has 6 nitrogen and oxygen atoms in total. The van der Waals surface area contributed by atoms with E-state index in [9.17, 15) is 0 Å². The molecule has 1 aliphatic carbocycles. The number of hydrogen-bond donors (Lipinski definition) is 1. The Morgan fingerprint density at radius 3 is 2.55 bits per heavy atom. The number of anilines is 1. The molecule has 0 unspecified atom stereocenters. The van der Waals surface area contributed by atoms with Crippen molar-refractivity contribution in [2.24, 2.45) is 0 Å². The van der Waals surface area contributed by atoms with Crippen LogP contribution in [0.5, 0.6) is 17.8 Å². The number of ether oxygens (including phenoxy) is 2. The van der Waals surface area contributed by atoms with Crippen LogP contribution >= 0.6 is 0 Å². The highest BCUT2D eigenvalue weighted by Crippen LogP contribution is 2.27. The second kappa shape index (κ2) is 5.32. The molecule has 2 aromatic rings. The van der Waals surface area contributed by atoms with Gasteiger partial charge in [0.1, 0.15) is 5.75 Å². The average Bonchev–Trinajstić information content (AvgIpc) is 2.46. The minimum absolute atomic E-state index is 0.0739. The standard InChI is InChI=1S/C14H16N4O2/c1-19-13-16-12(15)17-14(18-13)20-11-7-6-9-4-2-3-5-10(9)8-11/h6-8H,2-5H2,1H3,(H2,15,16,17,18). The number of fused-ring (bicyclic) bond motifs is 1. The van der Waals surface area contributed by atoms with Gasteiger partial charge in [-0.1, -0.05) is 6.07 Å². The van der Waals surface area contributed by atoms with Gasteiger partial charge in [-0.2, -0.15) is 9.97 Å². The van der Waals surface area contributed by atoms with Crippen molar-refractivity contribution < 1.29 is 9.47 Å². The molecule has 0 amide bonds. The fourth-order valence-electron chi connectivity index (χ4n) is 2.37. The number of benzene rings is 1. The Hall–Kier alpha value is -2.37.